The predicted octanol–water partition coefficient (Wildman–Crippen LogP) is -0.348. The summed E-state index contributed by atoms with van der Waals surface area (Å²) in [7, 11) is -3.16. The van der Waals surface area contributed by atoms with E-state index >= 15 is 0 Å². The second kappa shape index (κ2) is 12.2. The van der Waals surface area contributed by atoms with Crippen molar-refractivity contribution in [1.82, 2.24) is 0 Å². The first-order valence-electron chi connectivity index (χ1n) is 6.82. The van der Waals surface area contributed by atoms with E-state index in [9.17, 15) is 13.0 Å². The maximum absolute atomic E-state index is 9.83. The van der Waals surface area contributed by atoms with Gasteiger partial charge in [0.05, 0.1) is 10.1 Å². The van der Waals surface area contributed by atoms with E-state index in [2.05, 4.69) is 60.7 Å². The SMILES string of the molecule is CCCCS(=O)(=O)[O-].[Na+].c1ccc(Pc2ccccc2)cc1. The summed E-state index contributed by atoms with van der Waals surface area (Å²) in [6.07, 6.45) is 1.23. The second-order valence-corrected chi connectivity index (χ2v) is 7.40. The summed E-state index contributed by atoms with van der Waals surface area (Å²) in [6, 6.07) is 21.2. The van der Waals surface area contributed by atoms with E-state index < -0.39 is 10.1 Å². The van der Waals surface area contributed by atoms with Crippen molar-refractivity contribution in [2.45, 2.75) is 19.8 Å². The molecule has 0 bridgehead atoms. The van der Waals surface area contributed by atoms with Gasteiger partial charge in [0.25, 0.3) is 0 Å². The average molecular weight is 346 g/mol. The molecule has 2 aromatic rings. The van der Waals surface area contributed by atoms with Gasteiger partial charge in [0, 0.05) is 5.75 Å². The van der Waals surface area contributed by atoms with E-state index in [0.717, 1.165) is 15.0 Å². The number of benzene rings is 2. The molecule has 0 unspecified atom stereocenters. The fraction of sp³-hybridized carbons (Fsp3) is 0.250. The summed E-state index contributed by atoms with van der Waals surface area (Å²) in [5, 5.41) is 2.79. The number of rotatable bonds is 5. The molecule has 0 aliphatic carbocycles. The molecule has 0 saturated heterocycles. The van der Waals surface area contributed by atoms with Gasteiger partial charge >= 0.3 is 29.6 Å². The molecule has 0 saturated carbocycles. The monoisotopic (exact) mass is 346 g/mol. The van der Waals surface area contributed by atoms with Crippen molar-refractivity contribution >= 4 is 29.3 Å². The standard InChI is InChI=1S/C12H11P.C4H10O3S.Na/c1-3-7-11(8-4-1)13-12-9-5-2-6-10-12;1-2-3-4-8(5,6)7;/h1-10,13H;2-4H2,1H3,(H,5,6,7);/q;;+1/p-1. The summed E-state index contributed by atoms with van der Waals surface area (Å²) in [6.45, 7) is 1.84. The van der Waals surface area contributed by atoms with Gasteiger partial charge in [-0.3, -0.25) is 0 Å². The largest absolute Gasteiger partial charge is 1.00 e. The minimum Gasteiger partial charge on any atom is -0.748 e. The fourth-order valence-corrected chi connectivity index (χ4v) is 3.22. The van der Waals surface area contributed by atoms with Crippen LogP contribution in [0.1, 0.15) is 19.8 Å². The molecule has 0 atom stereocenters. The minimum atomic E-state index is -3.94. The van der Waals surface area contributed by atoms with Gasteiger partial charge in [0.2, 0.25) is 0 Å². The van der Waals surface area contributed by atoms with E-state index in [0.29, 0.717) is 6.42 Å². The smallest absolute Gasteiger partial charge is 0.748 e. The first-order valence-corrected chi connectivity index (χ1v) is 9.39. The number of unbranched alkanes of at least 4 members (excludes halogenated alkanes) is 1. The van der Waals surface area contributed by atoms with Crippen LogP contribution >= 0.6 is 8.58 Å². The van der Waals surface area contributed by atoms with Crippen LogP contribution in [0, 0.1) is 0 Å². The first kappa shape index (κ1) is 21.8. The van der Waals surface area contributed by atoms with Crippen LogP contribution in [-0.2, 0) is 10.1 Å². The van der Waals surface area contributed by atoms with Gasteiger partial charge in [-0.05, 0) is 17.0 Å². The molecule has 6 heteroatoms. The Morgan fingerprint density at radius 1 is 0.909 bits per heavy atom. The molecule has 0 heterocycles. The summed E-state index contributed by atoms with van der Waals surface area (Å²) in [4.78, 5) is 0. The van der Waals surface area contributed by atoms with E-state index in [1.54, 1.807) is 0 Å². The van der Waals surface area contributed by atoms with E-state index in [1.165, 1.54) is 10.6 Å². The molecular formula is C16H20NaO3PS. The van der Waals surface area contributed by atoms with Crippen molar-refractivity contribution in [3.05, 3.63) is 60.7 Å². The Morgan fingerprint density at radius 2 is 1.32 bits per heavy atom. The normalized spacial score (nSPS) is 10.1. The number of hydrogen-bond donors (Lipinski definition) is 0. The Balaban J connectivity index is 0.000000432. The maximum Gasteiger partial charge on any atom is 1.00 e. The van der Waals surface area contributed by atoms with Crippen molar-refractivity contribution < 1.29 is 42.5 Å². The molecular weight excluding hydrogens is 326 g/mol. The molecule has 0 aliphatic heterocycles. The summed E-state index contributed by atoms with van der Waals surface area (Å²) < 4.78 is 29.5. The van der Waals surface area contributed by atoms with Crippen LogP contribution in [-0.4, -0.2) is 18.7 Å². The zero-order valence-electron chi connectivity index (χ0n) is 13.0. The Hall–Kier alpha value is -0.220. The van der Waals surface area contributed by atoms with Crippen LogP contribution in [0.25, 0.3) is 0 Å². The van der Waals surface area contributed by atoms with Gasteiger partial charge in [-0.15, -0.1) is 0 Å². The van der Waals surface area contributed by atoms with Crippen LogP contribution in [0.3, 0.4) is 0 Å². The molecule has 0 radical (unpaired) electrons. The molecule has 114 valence electrons. The van der Waals surface area contributed by atoms with Crippen molar-refractivity contribution in [3.63, 3.8) is 0 Å². The topological polar surface area (TPSA) is 57.2 Å². The van der Waals surface area contributed by atoms with Crippen molar-refractivity contribution in [1.29, 1.82) is 0 Å². The summed E-state index contributed by atoms with van der Waals surface area (Å²) in [5.41, 5.74) is 0. The van der Waals surface area contributed by atoms with Crippen LogP contribution in [0.15, 0.2) is 60.7 Å². The Kier molecular flexibility index (Phi) is 12.1. The van der Waals surface area contributed by atoms with E-state index in [1.807, 2.05) is 6.92 Å². The van der Waals surface area contributed by atoms with E-state index in [-0.39, 0.29) is 35.3 Å². The average Bonchev–Trinajstić information content (AvgIpc) is 2.47. The van der Waals surface area contributed by atoms with E-state index in [4.69, 9.17) is 0 Å². The molecule has 2 rings (SSSR count). The van der Waals surface area contributed by atoms with Gasteiger partial charge in [-0.1, -0.05) is 82.6 Å². The van der Waals surface area contributed by atoms with Gasteiger partial charge in [0.1, 0.15) is 0 Å². The zero-order chi connectivity index (χ0) is 15.6. The molecule has 0 amide bonds. The van der Waals surface area contributed by atoms with Gasteiger partial charge in [0.15, 0.2) is 0 Å². The van der Waals surface area contributed by atoms with Crippen molar-refractivity contribution in [3.8, 4) is 0 Å². The van der Waals surface area contributed by atoms with Gasteiger partial charge < -0.3 is 4.55 Å². The van der Waals surface area contributed by atoms with Crippen molar-refractivity contribution in [2.75, 3.05) is 5.75 Å². The van der Waals surface area contributed by atoms with Gasteiger partial charge in [-0.2, -0.15) is 0 Å². The first-order chi connectivity index (χ1) is 10.0. The Bertz CT molecular complexity index is 566. The summed E-state index contributed by atoms with van der Waals surface area (Å²) in [5.74, 6) is -0.219. The van der Waals surface area contributed by atoms with Crippen LogP contribution in [0.5, 0.6) is 0 Å². The predicted molar refractivity (Wildman–Crippen MR) is 89.9 cm³/mol. The maximum atomic E-state index is 9.83. The number of hydrogen-bond acceptors (Lipinski definition) is 3. The zero-order valence-corrected chi connectivity index (χ0v) is 16.8. The third kappa shape index (κ3) is 11.4. The van der Waals surface area contributed by atoms with Crippen LogP contribution < -0.4 is 40.2 Å². The van der Waals surface area contributed by atoms with Gasteiger partial charge in [-0.25, -0.2) is 8.42 Å². The van der Waals surface area contributed by atoms with Crippen LogP contribution in [0.2, 0.25) is 0 Å². The molecule has 0 N–H and O–H groups in total. The molecule has 0 fully saturated rings. The Morgan fingerprint density at radius 3 is 1.59 bits per heavy atom. The third-order valence-electron chi connectivity index (χ3n) is 2.58. The molecule has 0 aliphatic rings. The molecule has 2 aromatic carbocycles. The molecule has 0 spiro atoms. The molecule has 3 nitrogen and oxygen atoms in total. The summed E-state index contributed by atoms with van der Waals surface area (Å²) >= 11 is 0. The molecule has 0 aromatic heterocycles. The minimum absolute atomic E-state index is 0. The van der Waals surface area contributed by atoms with Crippen molar-refractivity contribution in [2.24, 2.45) is 0 Å². The fourth-order valence-electron chi connectivity index (χ4n) is 1.53. The molecule has 22 heavy (non-hydrogen) atoms. The quantitative estimate of drug-likeness (QED) is 0.423. The second-order valence-electron chi connectivity index (χ2n) is 4.47. The third-order valence-corrected chi connectivity index (χ3v) is 4.62. The Labute approximate surface area is 157 Å². The van der Waals surface area contributed by atoms with Crippen LogP contribution in [0.4, 0.5) is 0 Å².